The van der Waals surface area contributed by atoms with Gasteiger partial charge in [0.05, 0.1) is 20.3 Å². The highest BCUT2D eigenvalue weighted by Crippen LogP contribution is 2.54. The number of fused-ring (bicyclic) bond motifs is 3. The molecule has 3 atom stereocenters. The molecule has 2 aliphatic rings. The highest BCUT2D eigenvalue weighted by Gasteiger charge is 2.45. The molecular weight excluding hydrogens is 304 g/mol. The van der Waals surface area contributed by atoms with Gasteiger partial charge in [-0.3, -0.25) is 9.78 Å². The number of methoxy groups -OCH3 is 2. The number of carbonyl (C=O) groups excluding carboxylic acids is 1. The van der Waals surface area contributed by atoms with Gasteiger partial charge in [-0.25, -0.2) is 0 Å². The number of aromatic nitrogens is 1. The molecule has 1 fully saturated rings. The quantitative estimate of drug-likeness (QED) is 0.943. The molecule has 2 heterocycles. The van der Waals surface area contributed by atoms with Crippen molar-refractivity contribution in [1.29, 1.82) is 0 Å². The van der Waals surface area contributed by atoms with E-state index < -0.39 is 0 Å². The standard InChI is InChI=1S/C19H20N2O3/c1-23-15-8-13-14(9-16(15)24-2)19-12(5-6-17(22)21-19)18(13)11-4-3-7-20-10-11/h3-4,7-10,12,18-19H,5-6H2,1-2H3,(H,21,22)/t12-,18+,19-/m0/s1. The van der Waals surface area contributed by atoms with Gasteiger partial charge in [0.2, 0.25) is 5.91 Å². The van der Waals surface area contributed by atoms with Crippen LogP contribution in [0.25, 0.3) is 0 Å². The number of ether oxygens (including phenoxy) is 2. The first kappa shape index (κ1) is 15.0. The van der Waals surface area contributed by atoms with Gasteiger partial charge in [-0.1, -0.05) is 6.07 Å². The van der Waals surface area contributed by atoms with Gasteiger partial charge in [-0.15, -0.1) is 0 Å². The largest absolute Gasteiger partial charge is 0.493 e. The Morgan fingerprint density at radius 1 is 1.17 bits per heavy atom. The number of amides is 1. The van der Waals surface area contributed by atoms with E-state index in [2.05, 4.69) is 22.4 Å². The summed E-state index contributed by atoms with van der Waals surface area (Å²) in [5, 5.41) is 3.17. The Balaban J connectivity index is 1.89. The fraction of sp³-hybridized carbons (Fsp3) is 0.368. The van der Waals surface area contributed by atoms with Crippen LogP contribution in [0, 0.1) is 5.92 Å². The topological polar surface area (TPSA) is 60.5 Å². The molecule has 1 aromatic carbocycles. The van der Waals surface area contributed by atoms with E-state index in [4.69, 9.17) is 9.47 Å². The minimum absolute atomic E-state index is 0.0197. The summed E-state index contributed by atoms with van der Waals surface area (Å²) < 4.78 is 11.0. The molecule has 1 N–H and O–H groups in total. The number of benzene rings is 1. The number of rotatable bonds is 3. The molecule has 0 saturated carbocycles. The predicted molar refractivity (Wildman–Crippen MR) is 89.2 cm³/mol. The van der Waals surface area contributed by atoms with E-state index in [1.165, 1.54) is 11.1 Å². The summed E-state index contributed by atoms with van der Waals surface area (Å²) in [4.78, 5) is 16.2. The summed E-state index contributed by atoms with van der Waals surface area (Å²) in [6, 6.07) is 8.15. The lowest BCUT2D eigenvalue weighted by Gasteiger charge is -2.30. The summed E-state index contributed by atoms with van der Waals surface area (Å²) in [7, 11) is 3.28. The highest BCUT2D eigenvalue weighted by molar-refractivity contribution is 5.78. The highest BCUT2D eigenvalue weighted by atomic mass is 16.5. The Morgan fingerprint density at radius 3 is 2.58 bits per heavy atom. The first-order valence-corrected chi connectivity index (χ1v) is 8.18. The van der Waals surface area contributed by atoms with E-state index >= 15 is 0 Å². The zero-order chi connectivity index (χ0) is 16.7. The van der Waals surface area contributed by atoms with E-state index in [9.17, 15) is 4.79 Å². The Bertz CT molecular complexity index is 776. The van der Waals surface area contributed by atoms with Gasteiger partial charge in [0, 0.05) is 24.7 Å². The molecular formula is C19H20N2O3. The van der Waals surface area contributed by atoms with Crippen LogP contribution in [0.2, 0.25) is 0 Å². The lowest BCUT2D eigenvalue weighted by atomic mass is 9.81. The molecule has 5 nitrogen and oxygen atoms in total. The van der Waals surface area contributed by atoms with Gasteiger partial charge in [0.1, 0.15) is 0 Å². The molecule has 0 radical (unpaired) electrons. The Labute approximate surface area is 141 Å². The van der Waals surface area contributed by atoms with Crippen LogP contribution >= 0.6 is 0 Å². The molecule has 124 valence electrons. The van der Waals surface area contributed by atoms with Crippen LogP contribution < -0.4 is 14.8 Å². The first-order chi connectivity index (χ1) is 11.7. The second-order valence-corrected chi connectivity index (χ2v) is 6.35. The second-order valence-electron chi connectivity index (χ2n) is 6.35. The van der Waals surface area contributed by atoms with Gasteiger partial charge in [-0.05, 0) is 47.2 Å². The Kier molecular flexibility index (Phi) is 3.63. The van der Waals surface area contributed by atoms with Crippen LogP contribution in [0.15, 0.2) is 36.7 Å². The summed E-state index contributed by atoms with van der Waals surface area (Å²) in [5.74, 6) is 2.07. The Morgan fingerprint density at radius 2 is 1.92 bits per heavy atom. The number of pyridine rings is 1. The maximum Gasteiger partial charge on any atom is 0.220 e. The number of piperidine rings is 1. The summed E-state index contributed by atoms with van der Waals surface area (Å²) in [5.41, 5.74) is 3.49. The van der Waals surface area contributed by atoms with Gasteiger partial charge < -0.3 is 14.8 Å². The smallest absolute Gasteiger partial charge is 0.220 e. The molecule has 1 aliphatic carbocycles. The molecule has 1 amide bonds. The van der Waals surface area contributed by atoms with Crippen molar-refractivity contribution in [3.05, 3.63) is 53.3 Å². The van der Waals surface area contributed by atoms with Crippen LogP contribution in [0.5, 0.6) is 11.5 Å². The molecule has 2 aromatic rings. The fourth-order valence-corrected chi connectivity index (χ4v) is 4.15. The van der Waals surface area contributed by atoms with Crippen molar-refractivity contribution >= 4 is 5.91 Å². The molecule has 4 rings (SSSR count). The van der Waals surface area contributed by atoms with Gasteiger partial charge in [0.15, 0.2) is 11.5 Å². The van der Waals surface area contributed by atoms with Crippen LogP contribution in [-0.4, -0.2) is 25.1 Å². The van der Waals surface area contributed by atoms with Crippen molar-refractivity contribution in [1.82, 2.24) is 10.3 Å². The summed E-state index contributed by atoms with van der Waals surface area (Å²) in [6.45, 7) is 0. The van der Waals surface area contributed by atoms with Crippen LogP contribution in [-0.2, 0) is 4.79 Å². The van der Waals surface area contributed by atoms with E-state index in [0.29, 0.717) is 18.1 Å². The SMILES string of the molecule is COc1cc2c(cc1OC)[C@H]1NC(=O)CC[C@H]1[C@H]2c1cccnc1. The maximum absolute atomic E-state index is 12.0. The van der Waals surface area contributed by atoms with E-state index in [-0.39, 0.29) is 17.9 Å². The average Bonchev–Trinajstić information content (AvgIpc) is 2.93. The average molecular weight is 324 g/mol. The third-order valence-electron chi connectivity index (χ3n) is 5.18. The second kappa shape index (κ2) is 5.82. The van der Waals surface area contributed by atoms with Crippen LogP contribution in [0.3, 0.4) is 0 Å². The zero-order valence-corrected chi connectivity index (χ0v) is 13.8. The van der Waals surface area contributed by atoms with Crippen molar-refractivity contribution in [2.24, 2.45) is 5.92 Å². The molecule has 0 spiro atoms. The van der Waals surface area contributed by atoms with Gasteiger partial charge >= 0.3 is 0 Å². The third kappa shape index (κ3) is 2.23. The first-order valence-electron chi connectivity index (χ1n) is 8.18. The number of nitrogens with zero attached hydrogens (tertiary/aromatic N) is 1. The number of hydrogen-bond donors (Lipinski definition) is 1. The number of carbonyl (C=O) groups is 1. The zero-order valence-electron chi connectivity index (χ0n) is 13.8. The third-order valence-corrected chi connectivity index (χ3v) is 5.18. The monoisotopic (exact) mass is 324 g/mol. The van der Waals surface area contributed by atoms with Crippen molar-refractivity contribution in [2.45, 2.75) is 24.8 Å². The molecule has 1 aromatic heterocycles. The lowest BCUT2D eigenvalue weighted by Crippen LogP contribution is -2.37. The van der Waals surface area contributed by atoms with Gasteiger partial charge in [-0.2, -0.15) is 0 Å². The van der Waals surface area contributed by atoms with Crippen LogP contribution in [0.4, 0.5) is 0 Å². The fourth-order valence-electron chi connectivity index (χ4n) is 4.15. The van der Waals surface area contributed by atoms with Crippen LogP contribution in [0.1, 0.15) is 41.5 Å². The molecule has 1 aliphatic heterocycles. The van der Waals surface area contributed by atoms with E-state index in [0.717, 1.165) is 17.7 Å². The normalized spacial score (nSPS) is 24.8. The van der Waals surface area contributed by atoms with Crippen molar-refractivity contribution in [2.75, 3.05) is 14.2 Å². The van der Waals surface area contributed by atoms with Crippen molar-refractivity contribution in [3.63, 3.8) is 0 Å². The van der Waals surface area contributed by atoms with Crippen molar-refractivity contribution in [3.8, 4) is 11.5 Å². The number of hydrogen-bond acceptors (Lipinski definition) is 4. The van der Waals surface area contributed by atoms with Gasteiger partial charge in [0.25, 0.3) is 0 Å². The molecule has 0 unspecified atom stereocenters. The molecule has 24 heavy (non-hydrogen) atoms. The minimum Gasteiger partial charge on any atom is -0.493 e. The minimum atomic E-state index is 0.0197. The molecule has 5 heteroatoms. The summed E-state index contributed by atoms with van der Waals surface area (Å²) in [6.07, 6.45) is 5.15. The lowest BCUT2D eigenvalue weighted by molar-refractivity contribution is -0.124. The Hall–Kier alpha value is -2.56. The van der Waals surface area contributed by atoms with E-state index in [1.54, 1.807) is 20.4 Å². The molecule has 0 bridgehead atoms. The number of nitrogens with one attached hydrogen (secondary N) is 1. The predicted octanol–water partition coefficient (Wildman–Crippen LogP) is 2.81. The maximum atomic E-state index is 12.0. The summed E-state index contributed by atoms with van der Waals surface area (Å²) >= 11 is 0. The van der Waals surface area contributed by atoms with E-state index in [1.807, 2.05) is 18.3 Å². The van der Waals surface area contributed by atoms with Crippen molar-refractivity contribution < 1.29 is 14.3 Å². The molecule has 1 saturated heterocycles.